The highest BCUT2D eigenvalue weighted by Crippen LogP contribution is 2.34. The summed E-state index contributed by atoms with van der Waals surface area (Å²) in [5.41, 5.74) is 1.16. The number of carbonyl (C=O) groups excluding carboxylic acids is 2. The molecule has 1 N–H and O–H groups in total. The van der Waals surface area contributed by atoms with Gasteiger partial charge < -0.3 is 9.47 Å². The lowest BCUT2D eigenvalue weighted by Gasteiger charge is -2.03. The molecular formula is C18H15N3O4S. The molecule has 1 aromatic carbocycles. The van der Waals surface area contributed by atoms with Crippen LogP contribution in [0.4, 0.5) is 5.13 Å². The summed E-state index contributed by atoms with van der Waals surface area (Å²) < 4.78 is 9.94. The van der Waals surface area contributed by atoms with E-state index in [1.165, 1.54) is 24.6 Å². The van der Waals surface area contributed by atoms with Crippen molar-refractivity contribution in [2.75, 3.05) is 19.5 Å². The molecule has 0 saturated heterocycles. The molecule has 0 unspecified atom stereocenters. The second-order valence-electron chi connectivity index (χ2n) is 5.09. The highest BCUT2D eigenvalue weighted by atomic mass is 32.1. The van der Waals surface area contributed by atoms with Crippen molar-refractivity contribution in [1.82, 2.24) is 9.97 Å². The molecule has 1 amide bonds. The molecule has 132 valence electrons. The molecule has 0 aliphatic carbocycles. The number of anilines is 1. The van der Waals surface area contributed by atoms with Crippen LogP contribution in [0.25, 0.3) is 10.4 Å². The van der Waals surface area contributed by atoms with Crippen LogP contribution in [0.5, 0.6) is 5.75 Å². The number of esters is 1. The number of hydrogen-bond acceptors (Lipinski definition) is 7. The fourth-order valence-corrected chi connectivity index (χ4v) is 3.16. The number of thiazole rings is 1. The predicted molar refractivity (Wildman–Crippen MR) is 97.6 cm³/mol. The Morgan fingerprint density at radius 1 is 1.08 bits per heavy atom. The lowest BCUT2D eigenvalue weighted by molar-refractivity contribution is 0.0595. The van der Waals surface area contributed by atoms with E-state index in [4.69, 9.17) is 9.47 Å². The predicted octanol–water partition coefficient (Wildman–Crippen LogP) is 3.25. The summed E-state index contributed by atoms with van der Waals surface area (Å²) in [6, 6.07) is 12.2. The maximum atomic E-state index is 12.3. The minimum atomic E-state index is -0.578. The Balaban J connectivity index is 1.93. The largest absolute Gasteiger partial charge is 0.497 e. The van der Waals surface area contributed by atoms with Crippen LogP contribution in [-0.4, -0.2) is 36.1 Å². The molecule has 0 aliphatic heterocycles. The quantitative estimate of drug-likeness (QED) is 0.694. The van der Waals surface area contributed by atoms with Crippen molar-refractivity contribution in [1.29, 1.82) is 0 Å². The highest BCUT2D eigenvalue weighted by Gasteiger charge is 2.21. The van der Waals surface area contributed by atoms with Crippen molar-refractivity contribution in [2.24, 2.45) is 0 Å². The third-order valence-electron chi connectivity index (χ3n) is 3.48. The average molecular weight is 369 g/mol. The van der Waals surface area contributed by atoms with Crippen molar-refractivity contribution in [2.45, 2.75) is 0 Å². The Kier molecular flexibility index (Phi) is 5.23. The van der Waals surface area contributed by atoms with Gasteiger partial charge in [0, 0.05) is 6.20 Å². The Morgan fingerprint density at radius 3 is 2.46 bits per heavy atom. The van der Waals surface area contributed by atoms with Crippen molar-refractivity contribution in [3.8, 4) is 16.2 Å². The monoisotopic (exact) mass is 369 g/mol. The zero-order valence-corrected chi connectivity index (χ0v) is 14.9. The Bertz CT molecular complexity index is 923. The van der Waals surface area contributed by atoms with Crippen molar-refractivity contribution < 1.29 is 19.1 Å². The molecule has 0 fully saturated rings. The summed E-state index contributed by atoms with van der Waals surface area (Å²) >= 11 is 1.18. The Labute approximate surface area is 153 Å². The zero-order chi connectivity index (χ0) is 18.5. The van der Waals surface area contributed by atoms with Crippen LogP contribution >= 0.6 is 11.3 Å². The van der Waals surface area contributed by atoms with Gasteiger partial charge in [-0.15, -0.1) is 0 Å². The van der Waals surface area contributed by atoms with Gasteiger partial charge in [-0.05, 0) is 42.0 Å². The summed E-state index contributed by atoms with van der Waals surface area (Å²) in [6.07, 6.45) is 1.53. The maximum absolute atomic E-state index is 12.3. The fourth-order valence-electron chi connectivity index (χ4n) is 2.20. The molecule has 0 saturated carbocycles. The van der Waals surface area contributed by atoms with Gasteiger partial charge in [-0.3, -0.25) is 15.1 Å². The topological polar surface area (TPSA) is 90.4 Å². The summed E-state index contributed by atoms with van der Waals surface area (Å²) in [4.78, 5) is 33.1. The lowest BCUT2D eigenvalue weighted by atomic mass is 10.1. The van der Waals surface area contributed by atoms with Crippen LogP contribution < -0.4 is 10.1 Å². The molecule has 3 aromatic rings. The van der Waals surface area contributed by atoms with E-state index in [0.717, 1.165) is 5.56 Å². The molecule has 7 nitrogen and oxygen atoms in total. The minimum absolute atomic E-state index is 0.138. The molecule has 3 rings (SSSR count). The lowest BCUT2D eigenvalue weighted by Crippen LogP contribution is -2.13. The SMILES string of the molecule is COC(=O)c1nc(NC(=O)c2ccccn2)sc1-c1ccc(OC)cc1. The first-order valence-corrected chi connectivity index (χ1v) is 8.40. The first-order valence-electron chi connectivity index (χ1n) is 7.58. The summed E-state index contributed by atoms with van der Waals surface area (Å²) in [7, 11) is 2.86. The second-order valence-corrected chi connectivity index (χ2v) is 6.09. The summed E-state index contributed by atoms with van der Waals surface area (Å²) in [5.74, 6) is -0.288. The average Bonchev–Trinajstić information content (AvgIpc) is 3.11. The molecule has 26 heavy (non-hydrogen) atoms. The molecule has 0 aliphatic rings. The molecule has 0 atom stereocenters. The van der Waals surface area contributed by atoms with Gasteiger partial charge in [-0.2, -0.15) is 0 Å². The number of amides is 1. The van der Waals surface area contributed by atoms with E-state index < -0.39 is 11.9 Å². The molecule has 2 heterocycles. The highest BCUT2D eigenvalue weighted by molar-refractivity contribution is 7.19. The van der Waals surface area contributed by atoms with Crippen LogP contribution in [0.1, 0.15) is 21.0 Å². The molecule has 0 spiro atoms. The number of benzene rings is 1. The van der Waals surface area contributed by atoms with Gasteiger partial charge in [0.05, 0.1) is 19.1 Å². The first-order chi connectivity index (χ1) is 12.6. The number of methoxy groups -OCH3 is 2. The van der Waals surface area contributed by atoms with Gasteiger partial charge in [0.25, 0.3) is 5.91 Å². The molecule has 8 heteroatoms. The summed E-state index contributed by atoms with van der Waals surface area (Å²) in [6.45, 7) is 0. The number of aromatic nitrogens is 2. The number of pyridine rings is 1. The van der Waals surface area contributed by atoms with Gasteiger partial charge in [0.15, 0.2) is 10.8 Å². The van der Waals surface area contributed by atoms with Crippen molar-refractivity contribution in [3.63, 3.8) is 0 Å². The van der Waals surface area contributed by atoms with Gasteiger partial charge in [-0.25, -0.2) is 9.78 Å². The maximum Gasteiger partial charge on any atom is 0.358 e. The van der Waals surface area contributed by atoms with Crippen LogP contribution in [-0.2, 0) is 4.74 Å². The van der Waals surface area contributed by atoms with Crippen molar-refractivity contribution in [3.05, 3.63) is 60.0 Å². The van der Waals surface area contributed by atoms with E-state index in [-0.39, 0.29) is 16.5 Å². The standard InChI is InChI=1S/C18H15N3O4S/c1-24-12-8-6-11(7-9-12)15-14(17(23)25-2)20-18(26-15)21-16(22)13-5-3-4-10-19-13/h3-10H,1-2H3,(H,20,21,22). The van der Waals surface area contributed by atoms with Crippen molar-refractivity contribution >= 4 is 28.3 Å². The van der Waals surface area contributed by atoms with E-state index in [1.807, 2.05) is 12.1 Å². The van der Waals surface area contributed by atoms with E-state index in [9.17, 15) is 9.59 Å². The van der Waals surface area contributed by atoms with Crippen LogP contribution in [0.15, 0.2) is 48.7 Å². The number of hydrogen-bond donors (Lipinski definition) is 1. The molecule has 0 radical (unpaired) electrons. The van der Waals surface area contributed by atoms with Crippen LogP contribution in [0, 0.1) is 0 Å². The van der Waals surface area contributed by atoms with E-state index >= 15 is 0 Å². The van der Waals surface area contributed by atoms with Gasteiger partial charge >= 0.3 is 5.97 Å². The number of rotatable bonds is 5. The zero-order valence-electron chi connectivity index (χ0n) is 14.1. The fraction of sp³-hybridized carbons (Fsp3) is 0.111. The van der Waals surface area contributed by atoms with E-state index in [0.29, 0.717) is 10.6 Å². The smallest absolute Gasteiger partial charge is 0.358 e. The number of nitrogens with one attached hydrogen (secondary N) is 1. The third kappa shape index (κ3) is 3.70. The summed E-state index contributed by atoms with van der Waals surface area (Å²) in [5, 5.41) is 2.95. The van der Waals surface area contributed by atoms with E-state index in [2.05, 4.69) is 15.3 Å². The van der Waals surface area contributed by atoms with Crippen LogP contribution in [0.3, 0.4) is 0 Å². The Hall–Kier alpha value is -3.26. The number of carbonyl (C=O) groups is 2. The second kappa shape index (κ2) is 7.75. The van der Waals surface area contributed by atoms with Gasteiger partial charge in [-0.1, -0.05) is 17.4 Å². The minimum Gasteiger partial charge on any atom is -0.497 e. The molecular weight excluding hydrogens is 354 g/mol. The van der Waals surface area contributed by atoms with Gasteiger partial charge in [0.1, 0.15) is 11.4 Å². The molecule has 2 aromatic heterocycles. The number of nitrogens with zero attached hydrogens (tertiary/aromatic N) is 2. The van der Waals surface area contributed by atoms with Crippen LogP contribution in [0.2, 0.25) is 0 Å². The normalized spacial score (nSPS) is 10.2. The molecule has 0 bridgehead atoms. The number of ether oxygens (including phenoxy) is 2. The van der Waals surface area contributed by atoms with Gasteiger partial charge in [0.2, 0.25) is 0 Å². The van der Waals surface area contributed by atoms with E-state index in [1.54, 1.807) is 37.4 Å². The third-order valence-corrected chi connectivity index (χ3v) is 4.50. The Morgan fingerprint density at radius 2 is 1.85 bits per heavy atom. The first kappa shape index (κ1) is 17.6.